The van der Waals surface area contributed by atoms with E-state index in [4.69, 9.17) is 11.3 Å². The molecule has 10 heteroatoms. The molecular formula is C34H29F3N4O3. The number of pyridine rings is 1. The zero-order chi connectivity index (χ0) is 31.8. The molecule has 3 aromatic carbocycles. The van der Waals surface area contributed by atoms with Gasteiger partial charge in [-0.3, -0.25) is 9.59 Å². The van der Waals surface area contributed by atoms with Crippen LogP contribution in [0.5, 0.6) is 11.5 Å². The Morgan fingerprint density at radius 2 is 1.70 bits per heavy atom. The van der Waals surface area contributed by atoms with E-state index < -0.39 is 23.0 Å². The smallest absolute Gasteiger partial charge is 0.407 e. The molecule has 2 aromatic heterocycles. The molecule has 0 fully saturated rings. The lowest BCUT2D eigenvalue weighted by Gasteiger charge is -2.19. The summed E-state index contributed by atoms with van der Waals surface area (Å²) in [6.45, 7) is 14.9. The van der Waals surface area contributed by atoms with Crippen molar-refractivity contribution in [2.24, 2.45) is 0 Å². The largest absolute Gasteiger partial charge is 0.457 e. The van der Waals surface area contributed by atoms with Gasteiger partial charge in [-0.1, -0.05) is 23.8 Å². The van der Waals surface area contributed by atoms with Gasteiger partial charge in [0.15, 0.2) is 0 Å². The maximum Gasteiger partial charge on any atom is 0.407 e. The van der Waals surface area contributed by atoms with Gasteiger partial charge in [0, 0.05) is 22.6 Å². The van der Waals surface area contributed by atoms with Crippen LogP contribution in [0.2, 0.25) is 0 Å². The average Bonchev–Trinajstić information content (AvgIpc) is 3.38. The number of amides is 1. The van der Waals surface area contributed by atoms with E-state index in [1.165, 1.54) is 4.57 Å². The summed E-state index contributed by atoms with van der Waals surface area (Å²) in [6.07, 6.45) is -4.89. The molecule has 5 aromatic rings. The van der Waals surface area contributed by atoms with Crippen molar-refractivity contribution in [3.63, 3.8) is 0 Å². The van der Waals surface area contributed by atoms with Crippen molar-refractivity contribution in [2.75, 3.05) is 0 Å². The van der Waals surface area contributed by atoms with Crippen molar-refractivity contribution < 1.29 is 22.7 Å². The Balaban J connectivity index is 1.50. The van der Waals surface area contributed by atoms with Crippen LogP contribution in [0.15, 0.2) is 77.6 Å². The molecule has 7 nitrogen and oxygen atoms in total. The third kappa shape index (κ3) is 6.22. The molecule has 0 radical (unpaired) electrons. The Labute approximate surface area is 251 Å². The number of halogens is 3. The van der Waals surface area contributed by atoms with E-state index in [-0.39, 0.29) is 24.2 Å². The van der Waals surface area contributed by atoms with Crippen molar-refractivity contribution in [3.05, 3.63) is 123 Å². The van der Waals surface area contributed by atoms with E-state index in [1.807, 2.05) is 45.9 Å². The normalized spacial score (nSPS) is 11.5. The number of carbonyl (C=O) groups excluding carboxylic acids is 1. The molecule has 2 N–H and O–H groups in total. The van der Waals surface area contributed by atoms with Crippen molar-refractivity contribution >= 4 is 22.5 Å². The predicted molar refractivity (Wildman–Crippen MR) is 163 cm³/mol. The van der Waals surface area contributed by atoms with Crippen molar-refractivity contribution in [1.29, 1.82) is 0 Å². The van der Waals surface area contributed by atoms with Gasteiger partial charge >= 0.3 is 6.18 Å². The number of nitrogens with one attached hydrogen (secondary N) is 2. The van der Waals surface area contributed by atoms with Gasteiger partial charge in [0.05, 0.1) is 18.7 Å². The van der Waals surface area contributed by atoms with E-state index in [1.54, 1.807) is 48.5 Å². The first-order chi connectivity index (χ1) is 20.8. The second-order valence-electron chi connectivity index (χ2n) is 10.9. The fraction of sp³-hybridized carbons (Fsp3) is 0.206. The molecule has 44 heavy (non-hydrogen) atoms. The van der Waals surface area contributed by atoms with Gasteiger partial charge in [0.2, 0.25) is 0 Å². The van der Waals surface area contributed by atoms with Crippen LogP contribution in [0.3, 0.4) is 0 Å². The van der Waals surface area contributed by atoms with Gasteiger partial charge in [-0.05, 0) is 99.0 Å². The number of carbonyl (C=O) groups is 1. The highest BCUT2D eigenvalue weighted by atomic mass is 19.4. The number of aromatic amines is 1. The Hall–Kier alpha value is -5.30. The number of nitrogens with zero attached hydrogens (tertiary/aromatic N) is 2. The topological polar surface area (TPSA) is 80.5 Å². The molecular weight excluding hydrogens is 569 g/mol. The molecule has 2 heterocycles. The minimum absolute atomic E-state index is 0.00690. The van der Waals surface area contributed by atoms with Crippen molar-refractivity contribution in [1.82, 2.24) is 14.9 Å². The number of benzene rings is 3. The molecule has 0 saturated heterocycles. The first-order valence-corrected chi connectivity index (χ1v) is 13.8. The highest BCUT2D eigenvalue weighted by Gasteiger charge is 2.36. The van der Waals surface area contributed by atoms with Crippen molar-refractivity contribution in [3.8, 4) is 22.8 Å². The molecule has 0 aliphatic carbocycles. The Morgan fingerprint density at radius 1 is 1.00 bits per heavy atom. The lowest BCUT2D eigenvalue weighted by Crippen LogP contribution is -2.30. The molecule has 0 saturated carbocycles. The fourth-order valence-electron chi connectivity index (χ4n) is 5.02. The number of aromatic nitrogens is 2. The summed E-state index contributed by atoms with van der Waals surface area (Å²) in [5.41, 5.74) is 0.953. The van der Waals surface area contributed by atoms with Crippen LogP contribution in [-0.4, -0.2) is 21.5 Å². The molecule has 5 rings (SSSR count). The summed E-state index contributed by atoms with van der Waals surface area (Å²) in [4.78, 5) is 31.8. The summed E-state index contributed by atoms with van der Waals surface area (Å²) in [5.74, 6) is 0.689. The average molecular weight is 599 g/mol. The first-order valence-electron chi connectivity index (χ1n) is 13.8. The molecule has 0 atom stereocenters. The molecule has 0 bridgehead atoms. The van der Waals surface area contributed by atoms with E-state index in [9.17, 15) is 22.8 Å². The fourth-order valence-corrected chi connectivity index (χ4v) is 5.02. The molecule has 224 valence electrons. The minimum Gasteiger partial charge on any atom is -0.457 e. The summed E-state index contributed by atoms with van der Waals surface area (Å²) < 4.78 is 49.1. The van der Waals surface area contributed by atoms with Crippen LogP contribution in [0.25, 0.3) is 27.0 Å². The predicted octanol–water partition coefficient (Wildman–Crippen LogP) is 8.16. The third-order valence-electron chi connectivity index (χ3n) is 7.16. The summed E-state index contributed by atoms with van der Waals surface area (Å²) in [7, 11) is 0. The molecule has 0 unspecified atom stereocenters. The summed E-state index contributed by atoms with van der Waals surface area (Å²) in [6, 6.07) is 19.8. The summed E-state index contributed by atoms with van der Waals surface area (Å²) in [5, 5.41) is 3.60. The highest BCUT2D eigenvalue weighted by molar-refractivity contribution is 5.98. The third-order valence-corrected chi connectivity index (χ3v) is 7.16. The van der Waals surface area contributed by atoms with Crippen LogP contribution >= 0.6 is 0 Å². The number of alkyl halides is 3. The van der Waals surface area contributed by atoms with E-state index >= 15 is 0 Å². The number of H-pyrrole nitrogens is 1. The quantitative estimate of drug-likeness (QED) is 0.186. The standard InChI is InChI=1S/C34H29F3N4O3/c1-19(2)39-32(42)29-16-24-15-26(12-13-28(24)40-29)44-25-10-8-22(9-11-25)30-17-27(34(35,36)37)31(38-5)33(43)41(30)18-23-7-6-20(3)14-21(23)4/h6-17,19,40H,18H2,1-4H3,(H,39,42). The van der Waals surface area contributed by atoms with Crippen LogP contribution in [0.1, 0.15) is 46.6 Å². The van der Waals surface area contributed by atoms with Gasteiger partial charge in [0.1, 0.15) is 17.2 Å². The molecule has 0 aliphatic rings. The SMILES string of the molecule is [C-]#[N+]c1c(C(F)(F)F)cc(-c2ccc(Oc3ccc4[nH]c(C(=O)NC(C)C)cc4c3)cc2)n(Cc2ccc(C)cc2C)c1=O. The van der Waals surface area contributed by atoms with Crippen LogP contribution in [-0.2, 0) is 12.7 Å². The van der Waals surface area contributed by atoms with Crippen molar-refractivity contribution in [2.45, 2.75) is 46.5 Å². The number of fused-ring (bicyclic) bond motifs is 1. The first kappa shape index (κ1) is 30.2. The monoisotopic (exact) mass is 598 g/mol. The lowest BCUT2D eigenvalue weighted by atomic mass is 10.0. The number of hydrogen-bond acceptors (Lipinski definition) is 3. The maximum atomic E-state index is 14.0. The van der Waals surface area contributed by atoms with E-state index in [0.717, 1.165) is 33.7 Å². The Morgan fingerprint density at radius 3 is 2.34 bits per heavy atom. The Kier molecular flexibility index (Phi) is 8.07. The van der Waals surface area contributed by atoms with Gasteiger partial charge in [0.25, 0.3) is 17.2 Å². The second-order valence-corrected chi connectivity index (χ2v) is 10.9. The van der Waals surface area contributed by atoms with E-state index in [0.29, 0.717) is 22.8 Å². The van der Waals surface area contributed by atoms with Gasteiger partial charge < -0.3 is 19.6 Å². The molecule has 0 spiro atoms. The summed E-state index contributed by atoms with van der Waals surface area (Å²) >= 11 is 0. The molecule has 0 aliphatic heterocycles. The number of hydrogen-bond donors (Lipinski definition) is 2. The Bertz CT molecular complexity index is 1980. The van der Waals surface area contributed by atoms with Gasteiger partial charge in [-0.2, -0.15) is 13.2 Å². The van der Waals surface area contributed by atoms with Crippen LogP contribution < -0.4 is 15.6 Å². The lowest BCUT2D eigenvalue weighted by molar-refractivity contribution is -0.136. The van der Waals surface area contributed by atoms with Crippen LogP contribution in [0, 0.1) is 20.4 Å². The second kappa shape index (κ2) is 11.8. The number of rotatable bonds is 7. The number of aryl methyl sites for hydroxylation is 2. The zero-order valence-electron chi connectivity index (χ0n) is 24.5. The maximum absolute atomic E-state index is 14.0. The highest BCUT2D eigenvalue weighted by Crippen LogP contribution is 2.38. The van der Waals surface area contributed by atoms with Crippen LogP contribution in [0.4, 0.5) is 18.9 Å². The van der Waals surface area contributed by atoms with Gasteiger partial charge in [-0.15, -0.1) is 0 Å². The van der Waals surface area contributed by atoms with Gasteiger partial charge in [-0.25, -0.2) is 4.85 Å². The molecule has 1 amide bonds. The number of ether oxygens (including phenoxy) is 1. The minimum atomic E-state index is -4.89. The zero-order valence-corrected chi connectivity index (χ0v) is 24.5. The van der Waals surface area contributed by atoms with E-state index in [2.05, 4.69) is 15.1 Å².